The summed E-state index contributed by atoms with van der Waals surface area (Å²) in [5.74, 6) is 1.29. The first-order valence-electron chi connectivity index (χ1n) is 8.82. The van der Waals surface area contributed by atoms with Crippen LogP contribution in [0, 0.1) is 0 Å². The zero-order valence-corrected chi connectivity index (χ0v) is 18.1. The maximum Gasteiger partial charge on any atom is 0.442 e. The highest BCUT2D eigenvalue weighted by atomic mass is 79.9. The number of hydrogen-bond donors (Lipinski definition) is 1. The molecule has 158 valence electrons. The Bertz CT molecular complexity index is 1030. The Morgan fingerprint density at radius 3 is 2.23 bits per heavy atom. The molecule has 1 N–H and O–H groups in total. The summed E-state index contributed by atoms with van der Waals surface area (Å²) in [5.41, 5.74) is 1.65. The molecule has 0 aliphatic heterocycles. The van der Waals surface area contributed by atoms with Crippen molar-refractivity contribution in [3.05, 3.63) is 88.4 Å². The van der Waals surface area contributed by atoms with Crippen molar-refractivity contribution < 1.29 is 32.2 Å². The van der Waals surface area contributed by atoms with Crippen LogP contribution in [0.3, 0.4) is 0 Å². The fourth-order valence-electron chi connectivity index (χ4n) is 2.50. The molecule has 5 nitrogen and oxygen atoms in total. The van der Waals surface area contributed by atoms with E-state index < -0.39 is 13.8 Å². The van der Waals surface area contributed by atoms with Crippen molar-refractivity contribution >= 4 is 23.5 Å². The van der Waals surface area contributed by atoms with Crippen molar-refractivity contribution in [3.8, 4) is 17.2 Å². The van der Waals surface area contributed by atoms with Gasteiger partial charge in [-0.1, -0.05) is 36.4 Å². The lowest BCUT2D eigenvalue weighted by Crippen LogP contribution is -2.02. The lowest BCUT2D eigenvalue weighted by molar-refractivity contribution is 0.107. The van der Waals surface area contributed by atoms with E-state index >= 15 is 0 Å². The number of rotatable bonds is 9. The van der Waals surface area contributed by atoms with Gasteiger partial charge in [-0.25, -0.2) is 4.57 Å². The summed E-state index contributed by atoms with van der Waals surface area (Å²) in [5, 5.41) is 0. The van der Waals surface area contributed by atoms with E-state index in [1.165, 1.54) is 6.07 Å². The van der Waals surface area contributed by atoms with Crippen LogP contribution in [-0.4, -0.2) is 11.1 Å². The van der Waals surface area contributed by atoms with Crippen molar-refractivity contribution in [1.29, 1.82) is 0 Å². The molecular weight excluding hydrogens is 481 g/mol. The Morgan fingerprint density at radius 2 is 1.57 bits per heavy atom. The van der Waals surface area contributed by atoms with Crippen molar-refractivity contribution in [2.75, 3.05) is 0 Å². The Hall–Kier alpha value is -2.25. The Morgan fingerprint density at radius 1 is 0.900 bits per heavy atom. The molecule has 30 heavy (non-hydrogen) atoms. The summed E-state index contributed by atoms with van der Waals surface area (Å²) in [4.78, 5) is 9.15. The van der Waals surface area contributed by atoms with E-state index in [-0.39, 0.29) is 16.8 Å². The number of para-hydroxylation sites is 1. The molecular formula is C21H18BrF2O5P. The van der Waals surface area contributed by atoms with Crippen molar-refractivity contribution in [2.45, 2.75) is 19.4 Å². The van der Waals surface area contributed by atoms with E-state index in [1.807, 2.05) is 54.6 Å². The van der Waals surface area contributed by atoms with Crippen LogP contribution in [0.5, 0.6) is 17.2 Å². The standard InChI is InChI=1S/C21H18BrF2O5P/c22-19-12-16(9-10-20(19)29-30(25,26)21(23)24)14-27-13-15-5-4-8-18(11-15)28-17-6-2-1-3-7-17/h1-12,21H,13-14H2,(H,25,26). The van der Waals surface area contributed by atoms with Gasteiger partial charge in [0, 0.05) is 0 Å². The second-order valence-corrected chi connectivity index (χ2v) is 8.81. The largest absolute Gasteiger partial charge is 0.457 e. The van der Waals surface area contributed by atoms with Crippen LogP contribution < -0.4 is 9.26 Å². The molecule has 0 spiro atoms. The van der Waals surface area contributed by atoms with Gasteiger partial charge >= 0.3 is 13.8 Å². The van der Waals surface area contributed by atoms with Crippen LogP contribution in [0.2, 0.25) is 0 Å². The first kappa shape index (κ1) is 22.4. The zero-order chi connectivity index (χ0) is 21.6. The van der Waals surface area contributed by atoms with Gasteiger partial charge in [-0.3, -0.25) is 0 Å². The summed E-state index contributed by atoms with van der Waals surface area (Å²) < 4.78 is 52.6. The minimum atomic E-state index is -5.03. The van der Waals surface area contributed by atoms with Crippen LogP contribution in [0.15, 0.2) is 77.3 Å². The number of alkyl halides is 2. The van der Waals surface area contributed by atoms with Crippen LogP contribution in [0.1, 0.15) is 11.1 Å². The average Bonchev–Trinajstić information content (AvgIpc) is 2.71. The minimum absolute atomic E-state index is 0.143. The van der Waals surface area contributed by atoms with Gasteiger partial charge in [-0.15, -0.1) is 0 Å². The van der Waals surface area contributed by atoms with Crippen molar-refractivity contribution in [1.82, 2.24) is 0 Å². The monoisotopic (exact) mass is 498 g/mol. The Kier molecular flexibility index (Phi) is 7.61. The highest BCUT2D eigenvalue weighted by Gasteiger charge is 2.34. The summed E-state index contributed by atoms with van der Waals surface area (Å²) >= 11 is 3.15. The minimum Gasteiger partial charge on any atom is -0.457 e. The molecule has 0 amide bonds. The molecule has 3 aromatic carbocycles. The number of ether oxygens (including phenoxy) is 2. The normalized spacial score (nSPS) is 13.1. The maximum absolute atomic E-state index is 12.5. The molecule has 3 aromatic rings. The fourth-order valence-corrected chi connectivity index (χ4v) is 3.65. The van der Waals surface area contributed by atoms with Crippen molar-refractivity contribution in [3.63, 3.8) is 0 Å². The van der Waals surface area contributed by atoms with Gasteiger partial charge in [0.2, 0.25) is 0 Å². The molecule has 9 heteroatoms. The first-order chi connectivity index (χ1) is 14.3. The first-order valence-corrected chi connectivity index (χ1v) is 11.3. The van der Waals surface area contributed by atoms with E-state index in [0.29, 0.717) is 12.4 Å². The van der Waals surface area contributed by atoms with Gasteiger partial charge in [0.1, 0.15) is 17.2 Å². The van der Waals surface area contributed by atoms with Crippen LogP contribution in [0.25, 0.3) is 0 Å². The van der Waals surface area contributed by atoms with E-state index in [0.717, 1.165) is 16.9 Å². The molecule has 0 radical (unpaired) electrons. The summed E-state index contributed by atoms with van der Waals surface area (Å²) in [6.07, 6.45) is -3.48. The van der Waals surface area contributed by atoms with Gasteiger partial charge in [0.05, 0.1) is 17.7 Å². The SMILES string of the molecule is O=P(O)(Oc1ccc(COCc2cccc(Oc3ccccc3)c2)cc1Br)C(F)F. The molecule has 0 aliphatic rings. The lowest BCUT2D eigenvalue weighted by atomic mass is 10.2. The van der Waals surface area contributed by atoms with Crippen LogP contribution >= 0.6 is 23.5 Å². The van der Waals surface area contributed by atoms with E-state index in [4.69, 9.17) is 14.4 Å². The summed E-state index contributed by atoms with van der Waals surface area (Å²) in [6, 6.07) is 21.4. The third kappa shape index (κ3) is 6.37. The summed E-state index contributed by atoms with van der Waals surface area (Å²) in [7, 11) is -5.03. The lowest BCUT2D eigenvalue weighted by Gasteiger charge is -2.14. The van der Waals surface area contributed by atoms with E-state index in [1.54, 1.807) is 12.1 Å². The molecule has 0 saturated heterocycles. The third-order valence-corrected chi connectivity index (χ3v) is 5.46. The van der Waals surface area contributed by atoms with E-state index in [9.17, 15) is 13.3 Å². The molecule has 0 aliphatic carbocycles. The fraction of sp³-hybridized carbons (Fsp3) is 0.143. The van der Waals surface area contributed by atoms with Crippen molar-refractivity contribution in [2.24, 2.45) is 0 Å². The summed E-state index contributed by atoms with van der Waals surface area (Å²) in [6.45, 7) is 0.577. The molecule has 0 fully saturated rings. The number of hydrogen-bond acceptors (Lipinski definition) is 4. The predicted octanol–water partition coefficient (Wildman–Crippen LogP) is 6.75. The molecule has 1 atom stereocenters. The van der Waals surface area contributed by atoms with Gasteiger partial charge in [0.25, 0.3) is 0 Å². The third-order valence-electron chi connectivity index (χ3n) is 3.89. The van der Waals surface area contributed by atoms with Crippen LogP contribution in [0.4, 0.5) is 8.78 Å². The second-order valence-electron chi connectivity index (χ2n) is 6.25. The Labute approximate surface area is 180 Å². The van der Waals surface area contributed by atoms with Crippen LogP contribution in [-0.2, 0) is 22.5 Å². The number of benzene rings is 3. The number of halogens is 3. The second kappa shape index (κ2) is 10.2. The molecule has 0 bridgehead atoms. The molecule has 0 saturated carbocycles. The highest BCUT2D eigenvalue weighted by Crippen LogP contribution is 2.50. The molecule has 1 unspecified atom stereocenters. The topological polar surface area (TPSA) is 65.0 Å². The average molecular weight is 499 g/mol. The predicted molar refractivity (Wildman–Crippen MR) is 112 cm³/mol. The van der Waals surface area contributed by atoms with Gasteiger partial charge in [-0.05, 0) is 63.5 Å². The zero-order valence-electron chi connectivity index (χ0n) is 15.6. The van der Waals surface area contributed by atoms with E-state index in [2.05, 4.69) is 20.5 Å². The maximum atomic E-state index is 12.5. The molecule has 0 heterocycles. The smallest absolute Gasteiger partial charge is 0.442 e. The quantitative estimate of drug-likeness (QED) is 0.330. The van der Waals surface area contributed by atoms with Gasteiger partial charge in [0.15, 0.2) is 0 Å². The highest BCUT2D eigenvalue weighted by molar-refractivity contribution is 9.10. The van der Waals surface area contributed by atoms with Gasteiger partial charge < -0.3 is 18.9 Å². The van der Waals surface area contributed by atoms with Gasteiger partial charge in [-0.2, -0.15) is 8.78 Å². The molecule has 3 rings (SSSR count). The Balaban J connectivity index is 1.56. The molecule has 0 aromatic heterocycles.